The van der Waals surface area contributed by atoms with Crippen molar-refractivity contribution in [3.63, 3.8) is 0 Å². The third-order valence-electron chi connectivity index (χ3n) is 1.06. The van der Waals surface area contributed by atoms with Gasteiger partial charge >= 0.3 is 0 Å². The van der Waals surface area contributed by atoms with Crippen LogP contribution in [0.3, 0.4) is 0 Å². The van der Waals surface area contributed by atoms with E-state index in [-0.39, 0.29) is 22.0 Å². The Morgan fingerprint density at radius 2 is 2.27 bits per heavy atom. The van der Waals surface area contributed by atoms with Crippen LogP contribution >= 0.6 is 23.2 Å². The molecule has 0 aromatic carbocycles. The van der Waals surface area contributed by atoms with Gasteiger partial charge in [-0.1, -0.05) is 23.2 Å². The third kappa shape index (κ3) is 1.64. The standard InChI is InChI=1S/C5H5Cl2N3O/c1-8-5(11)4-9-2(6)3(7)10-4/h1H3,(H,8,11)(H,9,10). The van der Waals surface area contributed by atoms with Gasteiger partial charge in [-0.05, 0) is 0 Å². The van der Waals surface area contributed by atoms with E-state index in [1.165, 1.54) is 7.05 Å². The van der Waals surface area contributed by atoms with Crippen LogP contribution in [0, 0.1) is 0 Å². The lowest BCUT2D eigenvalue weighted by molar-refractivity contribution is 0.0954. The Balaban J connectivity index is 2.97. The highest BCUT2D eigenvalue weighted by Crippen LogP contribution is 2.17. The summed E-state index contributed by atoms with van der Waals surface area (Å²) in [6.45, 7) is 0. The maximum atomic E-state index is 10.9. The predicted molar refractivity (Wildman–Crippen MR) is 42.0 cm³/mol. The summed E-state index contributed by atoms with van der Waals surface area (Å²) in [7, 11) is 1.49. The summed E-state index contributed by atoms with van der Waals surface area (Å²) in [4.78, 5) is 17.0. The Kier molecular flexibility index (Phi) is 2.36. The molecule has 6 heteroatoms. The summed E-state index contributed by atoms with van der Waals surface area (Å²) in [5.74, 6) is -0.235. The van der Waals surface area contributed by atoms with Gasteiger partial charge in [0.2, 0.25) is 0 Å². The summed E-state index contributed by atoms with van der Waals surface area (Å²) in [5.41, 5.74) is 0. The molecule has 1 amide bonds. The van der Waals surface area contributed by atoms with Gasteiger partial charge in [-0.25, -0.2) is 4.98 Å². The summed E-state index contributed by atoms with van der Waals surface area (Å²) in [6, 6.07) is 0. The van der Waals surface area contributed by atoms with Gasteiger partial charge in [-0.2, -0.15) is 0 Å². The largest absolute Gasteiger partial charge is 0.352 e. The van der Waals surface area contributed by atoms with E-state index in [1.54, 1.807) is 0 Å². The van der Waals surface area contributed by atoms with Gasteiger partial charge in [0.05, 0.1) is 0 Å². The first-order chi connectivity index (χ1) is 5.15. The van der Waals surface area contributed by atoms with Crippen molar-refractivity contribution in [2.45, 2.75) is 0 Å². The number of rotatable bonds is 1. The molecular weight excluding hydrogens is 189 g/mol. The Morgan fingerprint density at radius 1 is 1.64 bits per heavy atom. The molecule has 0 fully saturated rings. The molecule has 4 nitrogen and oxygen atoms in total. The van der Waals surface area contributed by atoms with Crippen molar-refractivity contribution in [1.82, 2.24) is 15.3 Å². The van der Waals surface area contributed by atoms with E-state index in [0.717, 1.165) is 0 Å². The van der Waals surface area contributed by atoms with Crippen molar-refractivity contribution in [3.05, 3.63) is 16.1 Å². The number of aromatic nitrogens is 2. The predicted octanol–water partition coefficient (Wildman–Crippen LogP) is 1.08. The highest BCUT2D eigenvalue weighted by molar-refractivity contribution is 6.40. The van der Waals surface area contributed by atoms with Crippen LogP contribution in [-0.4, -0.2) is 22.9 Å². The van der Waals surface area contributed by atoms with Gasteiger partial charge in [0.1, 0.15) is 5.15 Å². The number of carbonyl (C=O) groups is 1. The number of hydrogen-bond donors (Lipinski definition) is 2. The summed E-state index contributed by atoms with van der Waals surface area (Å²) >= 11 is 11.0. The molecule has 0 radical (unpaired) electrons. The van der Waals surface area contributed by atoms with E-state index in [4.69, 9.17) is 23.2 Å². The smallest absolute Gasteiger partial charge is 0.286 e. The molecule has 1 aromatic rings. The van der Waals surface area contributed by atoms with Gasteiger partial charge in [-0.15, -0.1) is 0 Å². The lowest BCUT2D eigenvalue weighted by Crippen LogP contribution is -2.19. The first-order valence-corrected chi connectivity index (χ1v) is 3.54. The zero-order valence-electron chi connectivity index (χ0n) is 5.61. The molecule has 1 rings (SSSR count). The first kappa shape index (κ1) is 8.36. The van der Waals surface area contributed by atoms with Crippen LogP contribution in [0.15, 0.2) is 0 Å². The second-order valence-electron chi connectivity index (χ2n) is 1.77. The Hall–Kier alpha value is -0.740. The maximum absolute atomic E-state index is 10.9. The lowest BCUT2D eigenvalue weighted by Gasteiger charge is -1.90. The number of amides is 1. The molecule has 0 spiro atoms. The molecule has 60 valence electrons. The fourth-order valence-electron chi connectivity index (χ4n) is 0.557. The Morgan fingerprint density at radius 3 is 2.64 bits per heavy atom. The fraction of sp³-hybridized carbons (Fsp3) is 0.200. The summed E-state index contributed by atoms with van der Waals surface area (Å²) in [6.07, 6.45) is 0. The average Bonchev–Trinajstić information content (AvgIpc) is 2.31. The number of imidazole rings is 1. The van der Waals surface area contributed by atoms with Crippen LogP contribution in [0.4, 0.5) is 0 Å². The summed E-state index contributed by atoms with van der Waals surface area (Å²) in [5, 5.41) is 2.65. The van der Waals surface area contributed by atoms with E-state index in [0.29, 0.717) is 0 Å². The minimum Gasteiger partial charge on any atom is -0.352 e. The van der Waals surface area contributed by atoms with Crippen LogP contribution in [0.2, 0.25) is 10.3 Å². The number of halogens is 2. The maximum Gasteiger partial charge on any atom is 0.286 e. The highest BCUT2D eigenvalue weighted by Gasteiger charge is 2.10. The van der Waals surface area contributed by atoms with E-state index < -0.39 is 0 Å². The van der Waals surface area contributed by atoms with E-state index >= 15 is 0 Å². The third-order valence-corrected chi connectivity index (χ3v) is 1.71. The molecular formula is C5H5Cl2N3O. The Labute approximate surface area is 72.9 Å². The number of hydrogen-bond acceptors (Lipinski definition) is 2. The normalized spacial score (nSPS) is 9.73. The van der Waals surface area contributed by atoms with Crippen LogP contribution in [0.25, 0.3) is 0 Å². The molecule has 0 aliphatic carbocycles. The SMILES string of the molecule is CNC(=O)c1nc(Cl)c(Cl)[nH]1. The van der Waals surface area contributed by atoms with Crippen molar-refractivity contribution in [1.29, 1.82) is 0 Å². The molecule has 0 atom stereocenters. The minimum atomic E-state index is -0.348. The van der Waals surface area contributed by atoms with Crippen molar-refractivity contribution < 1.29 is 4.79 Å². The fourth-order valence-corrected chi connectivity index (χ4v) is 0.820. The van der Waals surface area contributed by atoms with Crippen molar-refractivity contribution in [2.75, 3.05) is 7.05 Å². The quantitative estimate of drug-likeness (QED) is 0.702. The van der Waals surface area contributed by atoms with E-state index in [1.807, 2.05) is 0 Å². The highest BCUT2D eigenvalue weighted by atomic mass is 35.5. The van der Waals surface area contributed by atoms with Crippen molar-refractivity contribution in [2.24, 2.45) is 0 Å². The number of aromatic amines is 1. The zero-order chi connectivity index (χ0) is 8.43. The van der Waals surface area contributed by atoms with Gasteiger partial charge in [0.15, 0.2) is 11.0 Å². The monoisotopic (exact) mass is 193 g/mol. The molecule has 0 bridgehead atoms. The minimum absolute atomic E-state index is 0.102. The molecule has 1 aromatic heterocycles. The molecule has 11 heavy (non-hydrogen) atoms. The molecule has 0 aliphatic heterocycles. The van der Waals surface area contributed by atoms with Gasteiger partial charge in [-0.3, -0.25) is 4.79 Å². The number of nitrogens with one attached hydrogen (secondary N) is 2. The molecule has 0 aliphatic rings. The topological polar surface area (TPSA) is 57.8 Å². The number of nitrogens with zero attached hydrogens (tertiary/aromatic N) is 1. The van der Waals surface area contributed by atoms with Crippen LogP contribution in [0.5, 0.6) is 0 Å². The second-order valence-corrected chi connectivity index (χ2v) is 2.51. The molecule has 0 saturated carbocycles. The van der Waals surface area contributed by atoms with Crippen LogP contribution in [-0.2, 0) is 0 Å². The zero-order valence-corrected chi connectivity index (χ0v) is 7.12. The molecule has 1 heterocycles. The van der Waals surface area contributed by atoms with Gasteiger partial charge in [0.25, 0.3) is 5.91 Å². The van der Waals surface area contributed by atoms with Crippen molar-refractivity contribution >= 4 is 29.1 Å². The summed E-state index contributed by atoms with van der Waals surface area (Å²) < 4.78 is 0. The van der Waals surface area contributed by atoms with Gasteiger partial charge in [0, 0.05) is 7.05 Å². The first-order valence-electron chi connectivity index (χ1n) is 2.78. The van der Waals surface area contributed by atoms with Crippen LogP contribution in [0.1, 0.15) is 10.6 Å². The van der Waals surface area contributed by atoms with Gasteiger partial charge < -0.3 is 10.3 Å². The Bertz CT molecular complexity index is 264. The molecule has 2 N–H and O–H groups in total. The molecule has 0 unspecified atom stereocenters. The van der Waals surface area contributed by atoms with E-state index in [9.17, 15) is 4.79 Å². The number of H-pyrrole nitrogens is 1. The molecule has 0 saturated heterocycles. The van der Waals surface area contributed by atoms with Crippen molar-refractivity contribution in [3.8, 4) is 0 Å². The second kappa shape index (κ2) is 3.11. The number of carbonyl (C=O) groups excluding carboxylic acids is 1. The average molecular weight is 194 g/mol. The van der Waals surface area contributed by atoms with Crippen LogP contribution < -0.4 is 5.32 Å². The lowest BCUT2D eigenvalue weighted by atomic mass is 10.6. The van der Waals surface area contributed by atoms with E-state index in [2.05, 4.69) is 15.3 Å².